The van der Waals surface area contributed by atoms with Gasteiger partial charge < -0.3 is 24.3 Å². The fourth-order valence-electron chi connectivity index (χ4n) is 5.66. The molecular formula is C33H39N9O3. The van der Waals surface area contributed by atoms with Gasteiger partial charge in [-0.25, -0.2) is 19.8 Å². The molecule has 0 saturated carbocycles. The molecule has 234 valence electrons. The fourth-order valence-corrected chi connectivity index (χ4v) is 5.66. The standard InChI is InChI=1S/C33H39N9O3/c1-23(2)29-20-40(30-18-35-28(17-36-30)31(43)39(3)4)15-16-42(29)32(37-22-34)38-27-12-8-11-25-19-41(14-13-26(25)27)33(44)45-21-24-9-6-5-7-10-24/h5-12,17-18,23,29H,13-16,19-21H2,1-4H3,(H,37,38)/t29-/m1/s1. The van der Waals surface area contributed by atoms with Crippen LogP contribution in [-0.2, 0) is 24.3 Å². The van der Waals surface area contributed by atoms with Crippen molar-refractivity contribution in [3.63, 3.8) is 0 Å². The van der Waals surface area contributed by atoms with Crippen molar-refractivity contribution >= 4 is 29.5 Å². The first-order chi connectivity index (χ1) is 21.7. The molecule has 3 heterocycles. The first kappa shape index (κ1) is 31.3. The van der Waals surface area contributed by atoms with E-state index in [1.165, 1.54) is 11.1 Å². The Labute approximate surface area is 263 Å². The van der Waals surface area contributed by atoms with Crippen molar-refractivity contribution in [2.75, 3.05) is 45.2 Å². The minimum absolute atomic E-state index is 0.0256. The Kier molecular flexibility index (Phi) is 9.77. The number of carbonyl (C=O) groups is 2. The Morgan fingerprint density at radius 1 is 1.09 bits per heavy atom. The second-order valence-corrected chi connectivity index (χ2v) is 11.7. The van der Waals surface area contributed by atoms with Gasteiger partial charge in [0.1, 0.15) is 18.1 Å². The van der Waals surface area contributed by atoms with Crippen molar-refractivity contribution in [1.82, 2.24) is 30.0 Å². The summed E-state index contributed by atoms with van der Waals surface area (Å²) in [6.07, 6.45) is 5.52. The molecule has 1 saturated heterocycles. The van der Waals surface area contributed by atoms with Crippen LogP contribution in [0.2, 0.25) is 0 Å². The van der Waals surface area contributed by atoms with Crippen molar-refractivity contribution in [1.29, 1.82) is 5.26 Å². The van der Waals surface area contributed by atoms with Gasteiger partial charge in [-0.1, -0.05) is 56.3 Å². The zero-order valence-corrected chi connectivity index (χ0v) is 26.2. The molecule has 0 unspecified atom stereocenters. The summed E-state index contributed by atoms with van der Waals surface area (Å²) in [7, 11) is 3.37. The maximum absolute atomic E-state index is 12.8. The van der Waals surface area contributed by atoms with Crippen LogP contribution in [0.25, 0.3) is 0 Å². The van der Waals surface area contributed by atoms with Crippen LogP contribution in [-0.4, -0.2) is 88.9 Å². The Balaban J connectivity index is 1.31. The highest BCUT2D eigenvalue weighted by Gasteiger charge is 2.33. The number of carbonyl (C=O) groups excluding carboxylic acids is 2. The van der Waals surface area contributed by atoms with E-state index < -0.39 is 0 Å². The molecule has 1 N–H and O–H groups in total. The first-order valence-corrected chi connectivity index (χ1v) is 15.1. The molecule has 0 spiro atoms. The third-order valence-electron chi connectivity index (χ3n) is 8.15. The number of hydrogen-bond donors (Lipinski definition) is 1. The van der Waals surface area contributed by atoms with E-state index in [-0.39, 0.29) is 30.6 Å². The molecule has 2 amide bonds. The third-order valence-corrected chi connectivity index (χ3v) is 8.15. The summed E-state index contributed by atoms with van der Waals surface area (Å²) in [6, 6.07) is 15.6. The maximum atomic E-state index is 12.8. The number of nitrogens with zero attached hydrogens (tertiary/aromatic N) is 8. The van der Waals surface area contributed by atoms with Gasteiger partial charge in [-0.15, -0.1) is 0 Å². The van der Waals surface area contributed by atoms with Gasteiger partial charge in [0.25, 0.3) is 5.91 Å². The minimum atomic E-state index is -0.341. The molecule has 2 aliphatic heterocycles. The van der Waals surface area contributed by atoms with Crippen molar-refractivity contribution in [2.45, 2.75) is 39.5 Å². The first-order valence-electron chi connectivity index (χ1n) is 15.1. The number of rotatable bonds is 6. The van der Waals surface area contributed by atoms with Gasteiger partial charge in [0.05, 0.1) is 24.1 Å². The number of amides is 2. The van der Waals surface area contributed by atoms with E-state index in [9.17, 15) is 14.9 Å². The lowest BCUT2D eigenvalue weighted by molar-refractivity contribution is 0.0821. The fraction of sp³-hybridized carbons (Fsp3) is 0.394. The van der Waals surface area contributed by atoms with Crippen LogP contribution < -0.4 is 10.2 Å². The monoisotopic (exact) mass is 609 g/mol. The van der Waals surface area contributed by atoms with Crippen LogP contribution in [0.5, 0.6) is 0 Å². The lowest BCUT2D eigenvalue weighted by Crippen LogP contribution is -2.59. The molecule has 0 bridgehead atoms. The number of nitrogens with one attached hydrogen (secondary N) is 1. The van der Waals surface area contributed by atoms with Gasteiger partial charge in [0.2, 0.25) is 5.96 Å². The molecule has 45 heavy (non-hydrogen) atoms. The number of fused-ring (bicyclic) bond motifs is 1. The maximum Gasteiger partial charge on any atom is 0.410 e. The van der Waals surface area contributed by atoms with Gasteiger partial charge in [-0.3, -0.25) is 10.1 Å². The predicted octanol–water partition coefficient (Wildman–Crippen LogP) is 3.78. The summed E-state index contributed by atoms with van der Waals surface area (Å²) in [5.74, 6) is 1.24. The van der Waals surface area contributed by atoms with E-state index in [1.54, 1.807) is 25.2 Å². The van der Waals surface area contributed by atoms with Crippen LogP contribution in [0.1, 0.15) is 41.0 Å². The van der Waals surface area contributed by atoms with Gasteiger partial charge in [0, 0.05) is 46.8 Å². The molecule has 12 heteroatoms. The highest BCUT2D eigenvalue weighted by molar-refractivity contribution is 5.91. The summed E-state index contributed by atoms with van der Waals surface area (Å²) in [4.78, 5) is 46.4. The lowest BCUT2D eigenvalue weighted by Gasteiger charge is -2.44. The van der Waals surface area contributed by atoms with E-state index in [0.29, 0.717) is 56.6 Å². The highest BCUT2D eigenvalue weighted by atomic mass is 16.6. The molecule has 2 aliphatic rings. The second-order valence-electron chi connectivity index (χ2n) is 11.7. The van der Waals surface area contributed by atoms with E-state index in [4.69, 9.17) is 9.73 Å². The molecule has 1 atom stereocenters. The van der Waals surface area contributed by atoms with Gasteiger partial charge in [0.15, 0.2) is 6.19 Å². The topological polar surface area (TPSA) is 130 Å². The molecule has 3 aromatic rings. The van der Waals surface area contributed by atoms with Gasteiger partial charge >= 0.3 is 6.09 Å². The van der Waals surface area contributed by atoms with E-state index in [0.717, 1.165) is 22.4 Å². The summed E-state index contributed by atoms with van der Waals surface area (Å²) >= 11 is 0. The van der Waals surface area contributed by atoms with Crippen LogP contribution in [0.4, 0.5) is 16.3 Å². The van der Waals surface area contributed by atoms with Crippen LogP contribution in [0.3, 0.4) is 0 Å². The molecule has 2 aromatic carbocycles. The van der Waals surface area contributed by atoms with Gasteiger partial charge in [-0.2, -0.15) is 5.26 Å². The third kappa shape index (κ3) is 7.32. The smallest absolute Gasteiger partial charge is 0.410 e. The normalized spacial score (nSPS) is 16.6. The zero-order valence-electron chi connectivity index (χ0n) is 26.2. The number of piperazine rings is 1. The summed E-state index contributed by atoms with van der Waals surface area (Å²) in [5, 5.41) is 12.5. The molecule has 1 fully saturated rings. The van der Waals surface area contributed by atoms with E-state index >= 15 is 0 Å². The number of guanidine groups is 1. The number of nitriles is 1. The van der Waals surface area contributed by atoms with Crippen LogP contribution in [0.15, 0.2) is 65.9 Å². The number of benzene rings is 2. The second kappa shape index (κ2) is 14.1. The molecule has 12 nitrogen and oxygen atoms in total. The molecule has 0 aliphatic carbocycles. The Morgan fingerprint density at radius 3 is 2.58 bits per heavy atom. The van der Waals surface area contributed by atoms with E-state index in [1.807, 2.05) is 48.5 Å². The zero-order chi connectivity index (χ0) is 31.9. The Morgan fingerprint density at radius 2 is 1.89 bits per heavy atom. The number of aliphatic imine (C=N–C) groups is 1. The number of anilines is 1. The summed E-state index contributed by atoms with van der Waals surface area (Å²) in [5.41, 5.74) is 4.09. The Hall–Kier alpha value is -5.18. The lowest BCUT2D eigenvalue weighted by atomic mass is 9.98. The van der Waals surface area contributed by atoms with Gasteiger partial charge in [-0.05, 0) is 35.1 Å². The predicted molar refractivity (Wildman–Crippen MR) is 171 cm³/mol. The van der Waals surface area contributed by atoms with Crippen LogP contribution >= 0.6 is 0 Å². The summed E-state index contributed by atoms with van der Waals surface area (Å²) < 4.78 is 5.57. The van der Waals surface area contributed by atoms with Crippen molar-refractivity contribution < 1.29 is 14.3 Å². The summed E-state index contributed by atoms with van der Waals surface area (Å²) in [6.45, 7) is 7.35. The highest BCUT2D eigenvalue weighted by Crippen LogP contribution is 2.30. The number of aromatic nitrogens is 2. The number of hydrogen-bond acceptors (Lipinski definition) is 8. The van der Waals surface area contributed by atoms with Crippen molar-refractivity contribution in [3.8, 4) is 6.19 Å². The van der Waals surface area contributed by atoms with Crippen molar-refractivity contribution in [3.05, 3.63) is 83.3 Å². The number of ether oxygens (including phenoxy) is 1. The average molecular weight is 610 g/mol. The Bertz CT molecular complexity index is 1570. The quantitative estimate of drug-likeness (QED) is 0.192. The largest absolute Gasteiger partial charge is 0.445 e. The van der Waals surface area contributed by atoms with Crippen molar-refractivity contribution in [2.24, 2.45) is 10.9 Å². The molecule has 0 radical (unpaired) electrons. The van der Waals surface area contributed by atoms with Crippen LogP contribution in [0, 0.1) is 17.4 Å². The SMILES string of the molecule is CC(C)[C@H]1CN(c2cnc(C(=O)N(C)C)cn2)CCN1C(=Nc1cccc2c1CCN(C(=O)OCc1ccccc1)C2)NC#N. The molecular weight excluding hydrogens is 570 g/mol. The van der Waals surface area contributed by atoms with E-state index in [2.05, 4.69) is 45.1 Å². The minimum Gasteiger partial charge on any atom is -0.445 e. The average Bonchev–Trinajstić information content (AvgIpc) is 3.06. The molecule has 1 aromatic heterocycles. The molecule has 5 rings (SSSR count).